The number of hydrogen-bond donors (Lipinski definition) is 2. The van der Waals surface area contributed by atoms with Crippen LogP contribution in [0.4, 0.5) is 0 Å². The summed E-state index contributed by atoms with van der Waals surface area (Å²) in [5.74, 6) is 0.886. The highest BCUT2D eigenvalue weighted by molar-refractivity contribution is 5.29. The third kappa shape index (κ3) is 4.75. The lowest BCUT2D eigenvalue weighted by atomic mass is 10.1. The Morgan fingerprint density at radius 2 is 1.88 bits per heavy atom. The first kappa shape index (κ1) is 14.0. The van der Waals surface area contributed by atoms with Crippen LogP contribution >= 0.6 is 0 Å². The van der Waals surface area contributed by atoms with Gasteiger partial charge >= 0.3 is 0 Å². The number of aliphatic hydroxyl groups excluding tert-OH is 1. The first-order chi connectivity index (χ1) is 8.17. The summed E-state index contributed by atoms with van der Waals surface area (Å²) in [5.41, 5.74) is 1.09. The number of benzene rings is 1. The molecule has 0 amide bonds. The fraction of sp³-hybridized carbons (Fsp3) is 0.571. The Morgan fingerprint density at radius 1 is 1.24 bits per heavy atom. The Bertz CT molecular complexity index is 309. The molecule has 0 aliphatic rings. The highest BCUT2D eigenvalue weighted by Gasteiger charge is 2.10. The molecule has 1 aromatic carbocycles. The van der Waals surface area contributed by atoms with Gasteiger partial charge in [-0.05, 0) is 24.1 Å². The lowest BCUT2D eigenvalue weighted by molar-refractivity contribution is 0.237. The maximum absolute atomic E-state index is 9.35. The van der Waals surface area contributed by atoms with E-state index in [0.717, 1.165) is 24.3 Å². The quantitative estimate of drug-likeness (QED) is 0.765. The van der Waals surface area contributed by atoms with E-state index in [1.54, 1.807) is 0 Å². The number of ether oxygens (including phenoxy) is 1. The van der Waals surface area contributed by atoms with Crippen molar-refractivity contribution in [3.05, 3.63) is 29.8 Å². The first-order valence-electron chi connectivity index (χ1n) is 6.27. The second kappa shape index (κ2) is 7.30. The molecule has 1 atom stereocenters. The van der Waals surface area contributed by atoms with E-state index in [1.807, 2.05) is 24.3 Å². The summed E-state index contributed by atoms with van der Waals surface area (Å²) in [6, 6.07) is 8.26. The Kier molecular flexibility index (Phi) is 6.01. The molecule has 17 heavy (non-hydrogen) atoms. The maximum Gasteiger partial charge on any atom is 0.119 e. The van der Waals surface area contributed by atoms with Crippen LogP contribution in [0.3, 0.4) is 0 Å². The number of aliphatic hydroxyl groups is 1. The third-order valence-corrected chi connectivity index (χ3v) is 2.47. The van der Waals surface area contributed by atoms with Crippen LogP contribution in [0.5, 0.6) is 5.75 Å². The zero-order chi connectivity index (χ0) is 12.7. The number of rotatable bonds is 7. The van der Waals surface area contributed by atoms with Gasteiger partial charge in [0, 0.05) is 6.04 Å². The molecule has 1 aromatic rings. The van der Waals surface area contributed by atoms with Crippen molar-refractivity contribution >= 4 is 0 Å². The van der Waals surface area contributed by atoms with E-state index >= 15 is 0 Å². The first-order valence-corrected chi connectivity index (χ1v) is 6.27. The molecule has 0 heterocycles. The minimum absolute atomic E-state index is 0.00442. The zero-order valence-electron chi connectivity index (χ0n) is 10.9. The maximum atomic E-state index is 9.35. The molecule has 0 radical (unpaired) electrons. The van der Waals surface area contributed by atoms with Gasteiger partial charge in [-0.3, -0.25) is 0 Å². The van der Waals surface area contributed by atoms with Crippen molar-refractivity contribution in [2.45, 2.75) is 39.3 Å². The highest BCUT2D eigenvalue weighted by atomic mass is 16.5. The van der Waals surface area contributed by atoms with E-state index in [2.05, 4.69) is 26.1 Å². The van der Waals surface area contributed by atoms with Crippen LogP contribution in [0.15, 0.2) is 24.3 Å². The van der Waals surface area contributed by atoms with Crippen molar-refractivity contribution < 1.29 is 9.84 Å². The van der Waals surface area contributed by atoms with E-state index < -0.39 is 0 Å². The predicted molar refractivity (Wildman–Crippen MR) is 70.3 cm³/mol. The van der Waals surface area contributed by atoms with Gasteiger partial charge < -0.3 is 15.2 Å². The molecule has 96 valence electrons. The van der Waals surface area contributed by atoms with Crippen molar-refractivity contribution in [1.82, 2.24) is 5.32 Å². The molecule has 0 spiro atoms. The summed E-state index contributed by atoms with van der Waals surface area (Å²) >= 11 is 0. The molecule has 0 saturated carbocycles. The average molecular weight is 237 g/mol. The van der Waals surface area contributed by atoms with Crippen LogP contribution in [0.2, 0.25) is 0 Å². The molecule has 2 N–H and O–H groups in total. The molecule has 3 heteroatoms. The number of hydrogen-bond acceptors (Lipinski definition) is 3. The summed E-state index contributed by atoms with van der Waals surface area (Å²) < 4.78 is 5.52. The van der Waals surface area contributed by atoms with Gasteiger partial charge in [-0.15, -0.1) is 0 Å². The van der Waals surface area contributed by atoms with Crippen LogP contribution in [-0.2, 0) is 0 Å². The van der Waals surface area contributed by atoms with Crippen molar-refractivity contribution in [1.29, 1.82) is 0 Å². The highest BCUT2D eigenvalue weighted by Crippen LogP contribution is 2.18. The zero-order valence-corrected chi connectivity index (χ0v) is 10.9. The van der Waals surface area contributed by atoms with E-state index in [1.165, 1.54) is 0 Å². The normalized spacial score (nSPS) is 12.8. The molecule has 0 saturated heterocycles. The second-order valence-electron chi connectivity index (χ2n) is 4.47. The van der Waals surface area contributed by atoms with Crippen LogP contribution in [-0.4, -0.2) is 24.4 Å². The van der Waals surface area contributed by atoms with E-state index in [4.69, 9.17) is 4.74 Å². The molecule has 0 bridgehead atoms. The molecule has 0 aromatic heterocycles. The summed E-state index contributed by atoms with van der Waals surface area (Å²) in [5, 5.41) is 12.7. The second-order valence-corrected chi connectivity index (χ2v) is 4.47. The Balaban J connectivity index is 2.64. The Labute approximate surface area is 104 Å². The Hall–Kier alpha value is -1.06. The van der Waals surface area contributed by atoms with E-state index in [0.29, 0.717) is 6.04 Å². The minimum atomic E-state index is -0.00442. The van der Waals surface area contributed by atoms with Crippen molar-refractivity contribution in [3.8, 4) is 5.75 Å². The van der Waals surface area contributed by atoms with Gasteiger partial charge in [0.25, 0.3) is 0 Å². The predicted octanol–water partition coefficient (Wildman–Crippen LogP) is 2.51. The monoisotopic (exact) mass is 237 g/mol. The van der Waals surface area contributed by atoms with Gasteiger partial charge in [-0.25, -0.2) is 0 Å². The fourth-order valence-corrected chi connectivity index (χ4v) is 1.67. The topological polar surface area (TPSA) is 41.5 Å². The largest absolute Gasteiger partial charge is 0.494 e. The lowest BCUT2D eigenvalue weighted by Gasteiger charge is -2.19. The summed E-state index contributed by atoms with van der Waals surface area (Å²) in [4.78, 5) is 0. The van der Waals surface area contributed by atoms with Gasteiger partial charge in [0.05, 0.1) is 19.3 Å². The SMILES string of the molecule is CCCOc1ccc(C(CO)NC(C)C)cc1. The molecular formula is C14H23NO2. The third-order valence-electron chi connectivity index (χ3n) is 2.47. The average Bonchev–Trinajstić information content (AvgIpc) is 2.34. The molecular weight excluding hydrogens is 214 g/mol. The van der Waals surface area contributed by atoms with Gasteiger partial charge in [0.15, 0.2) is 0 Å². The van der Waals surface area contributed by atoms with Crippen LogP contribution in [0.25, 0.3) is 0 Å². The van der Waals surface area contributed by atoms with Gasteiger partial charge in [-0.2, -0.15) is 0 Å². The van der Waals surface area contributed by atoms with E-state index in [-0.39, 0.29) is 12.6 Å². The summed E-state index contributed by atoms with van der Waals surface area (Å²) in [6.45, 7) is 7.08. The van der Waals surface area contributed by atoms with Gasteiger partial charge in [-0.1, -0.05) is 32.9 Å². The number of nitrogens with one attached hydrogen (secondary N) is 1. The molecule has 0 aliphatic heterocycles. The summed E-state index contributed by atoms with van der Waals surface area (Å²) in [7, 11) is 0. The van der Waals surface area contributed by atoms with E-state index in [9.17, 15) is 5.11 Å². The van der Waals surface area contributed by atoms with Crippen molar-refractivity contribution in [3.63, 3.8) is 0 Å². The van der Waals surface area contributed by atoms with Crippen LogP contribution in [0, 0.1) is 0 Å². The van der Waals surface area contributed by atoms with Crippen LogP contribution < -0.4 is 10.1 Å². The molecule has 0 aliphatic carbocycles. The minimum Gasteiger partial charge on any atom is -0.494 e. The lowest BCUT2D eigenvalue weighted by Crippen LogP contribution is -2.30. The molecule has 1 rings (SSSR count). The van der Waals surface area contributed by atoms with Crippen molar-refractivity contribution in [2.75, 3.05) is 13.2 Å². The molecule has 0 fully saturated rings. The van der Waals surface area contributed by atoms with Crippen molar-refractivity contribution in [2.24, 2.45) is 0 Å². The van der Waals surface area contributed by atoms with Gasteiger partial charge in [0.1, 0.15) is 5.75 Å². The molecule has 3 nitrogen and oxygen atoms in total. The fourth-order valence-electron chi connectivity index (χ4n) is 1.67. The smallest absolute Gasteiger partial charge is 0.119 e. The standard InChI is InChI=1S/C14H23NO2/c1-4-9-17-13-7-5-12(6-8-13)14(10-16)15-11(2)3/h5-8,11,14-16H,4,9-10H2,1-3H3. The Morgan fingerprint density at radius 3 is 2.35 bits per heavy atom. The van der Waals surface area contributed by atoms with Crippen LogP contribution in [0.1, 0.15) is 38.8 Å². The van der Waals surface area contributed by atoms with Gasteiger partial charge in [0.2, 0.25) is 0 Å². The molecule has 1 unspecified atom stereocenters. The summed E-state index contributed by atoms with van der Waals surface area (Å²) in [6.07, 6.45) is 1.01.